The van der Waals surface area contributed by atoms with Crippen molar-refractivity contribution >= 4 is 27.5 Å². The standard InChI is InChI=1S/C20H20N2O6S2/c23-17(21-12-14-6-4-10-26-14)13-29-20-19(22-18(28-20)16-9-5-11-27-16)30(24,25)15-7-2-1-3-8-15/h1-3,5,7-9,11,14H,4,6,10,12-13H2,(H,21,23)/t14-/m0/s1. The molecule has 0 bridgehead atoms. The van der Waals surface area contributed by atoms with Gasteiger partial charge in [-0.25, -0.2) is 8.42 Å². The number of amides is 1. The van der Waals surface area contributed by atoms with E-state index in [0.29, 0.717) is 18.9 Å². The second kappa shape index (κ2) is 9.07. The van der Waals surface area contributed by atoms with Gasteiger partial charge in [0.15, 0.2) is 5.76 Å². The average molecular weight is 449 g/mol. The number of hydrogen-bond acceptors (Lipinski definition) is 8. The lowest BCUT2D eigenvalue weighted by Gasteiger charge is -2.10. The molecule has 1 amide bonds. The molecule has 3 heterocycles. The fourth-order valence-corrected chi connectivity index (χ4v) is 5.37. The molecule has 1 aliphatic heterocycles. The molecule has 8 nitrogen and oxygen atoms in total. The average Bonchev–Trinajstić information content (AvgIpc) is 3.52. The SMILES string of the molecule is O=C(CSc1oc(-c2ccco2)nc1S(=O)(=O)c1ccccc1)NC[C@@H]1CCCO1. The van der Waals surface area contributed by atoms with E-state index in [1.807, 2.05) is 0 Å². The van der Waals surface area contributed by atoms with E-state index in [4.69, 9.17) is 13.6 Å². The Kier molecular flexibility index (Phi) is 6.26. The number of ether oxygens (including phenoxy) is 1. The van der Waals surface area contributed by atoms with Gasteiger partial charge < -0.3 is 18.9 Å². The molecule has 30 heavy (non-hydrogen) atoms. The van der Waals surface area contributed by atoms with Gasteiger partial charge in [-0.3, -0.25) is 4.79 Å². The lowest BCUT2D eigenvalue weighted by atomic mass is 10.2. The summed E-state index contributed by atoms with van der Waals surface area (Å²) in [7, 11) is -3.93. The third-order valence-corrected chi connectivity index (χ3v) is 7.25. The first-order chi connectivity index (χ1) is 14.5. The molecule has 0 saturated carbocycles. The fraction of sp³-hybridized carbons (Fsp3) is 0.300. The van der Waals surface area contributed by atoms with Gasteiger partial charge in [-0.1, -0.05) is 30.0 Å². The van der Waals surface area contributed by atoms with Crippen molar-refractivity contribution in [2.75, 3.05) is 18.9 Å². The molecule has 4 rings (SSSR count). The molecule has 1 atom stereocenters. The first kappa shape index (κ1) is 20.7. The Labute approximate surface area is 177 Å². The zero-order valence-electron chi connectivity index (χ0n) is 15.9. The van der Waals surface area contributed by atoms with Crippen molar-refractivity contribution in [3.8, 4) is 11.7 Å². The van der Waals surface area contributed by atoms with Gasteiger partial charge in [0.1, 0.15) is 0 Å². The summed E-state index contributed by atoms with van der Waals surface area (Å²) in [6, 6.07) is 11.2. The molecule has 1 aliphatic rings. The van der Waals surface area contributed by atoms with E-state index in [9.17, 15) is 13.2 Å². The largest absolute Gasteiger partial charge is 0.459 e. The second-order valence-corrected chi connectivity index (χ2v) is 9.45. The number of furan rings is 1. The molecular formula is C20H20N2O6S2. The molecule has 0 aliphatic carbocycles. The predicted molar refractivity (Wildman–Crippen MR) is 109 cm³/mol. The first-order valence-electron chi connectivity index (χ1n) is 9.40. The third kappa shape index (κ3) is 4.61. The summed E-state index contributed by atoms with van der Waals surface area (Å²) in [4.78, 5) is 16.5. The second-order valence-electron chi connectivity index (χ2n) is 6.63. The van der Waals surface area contributed by atoms with E-state index in [2.05, 4.69) is 10.3 Å². The highest BCUT2D eigenvalue weighted by Crippen LogP contribution is 2.34. The molecule has 1 fully saturated rings. The maximum absolute atomic E-state index is 13.1. The van der Waals surface area contributed by atoms with E-state index in [1.165, 1.54) is 18.4 Å². The lowest BCUT2D eigenvalue weighted by Crippen LogP contribution is -2.32. The molecule has 2 aromatic heterocycles. The molecule has 1 N–H and O–H groups in total. The number of thioether (sulfide) groups is 1. The highest BCUT2D eigenvalue weighted by Gasteiger charge is 2.29. The van der Waals surface area contributed by atoms with Crippen LogP contribution in [0.4, 0.5) is 0 Å². The number of sulfone groups is 1. The number of nitrogens with zero attached hydrogens (tertiary/aromatic N) is 1. The van der Waals surface area contributed by atoms with Crippen molar-refractivity contribution in [1.29, 1.82) is 0 Å². The number of carbonyl (C=O) groups is 1. The zero-order chi connectivity index (χ0) is 21.0. The summed E-state index contributed by atoms with van der Waals surface area (Å²) in [5.74, 6) is 0.0806. The van der Waals surface area contributed by atoms with Crippen molar-refractivity contribution in [3.63, 3.8) is 0 Å². The van der Waals surface area contributed by atoms with Gasteiger partial charge in [0.25, 0.3) is 5.89 Å². The molecule has 0 unspecified atom stereocenters. The molecule has 158 valence electrons. The van der Waals surface area contributed by atoms with Crippen LogP contribution in [0.3, 0.4) is 0 Å². The Morgan fingerprint density at radius 1 is 1.20 bits per heavy atom. The Balaban J connectivity index is 1.54. The summed E-state index contributed by atoms with van der Waals surface area (Å²) in [6.07, 6.45) is 3.38. The molecule has 0 radical (unpaired) electrons. The number of hydrogen-bond donors (Lipinski definition) is 1. The minimum Gasteiger partial charge on any atom is -0.459 e. The molecule has 3 aromatic rings. The van der Waals surface area contributed by atoms with Crippen LogP contribution in [0.2, 0.25) is 0 Å². The number of oxazole rings is 1. The van der Waals surface area contributed by atoms with Crippen LogP contribution in [0, 0.1) is 0 Å². The van der Waals surface area contributed by atoms with Crippen LogP contribution in [0.5, 0.6) is 0 Å². The number of nitrogens with one attached hydrogen (secondary N) is 1. The highest BCUT2D eigenvalue weighted by molar-refractivity contribution is 8.00. The van der Waals surface area contributed by atoms with Crippen LogP contribution < -0.4 is 5.32 Å². The van der Waals surface area contributed by atoms with Crippen molar-refractivity contribution in [3.05, 3.63) is 48.7 Å². The molecule has 0 spiro atoms. The third-order valence-electron chi connectivity index (χ3n) is 4.49. The number of aromatic nitrogens is 1. The van der Waals surface area contributed by atoms with Gasteiger partial charge in [0, 0.05) is 13.2 Å². The Bertz CT molecular complexity index is 1090. The van der Waals surface area contributed by atoms with E-state index < -0.39 is 9.84 Å². The number of rotatable bonds is 8. The van der Waals surface area contributed by atoms with Gasteiger partial charge in [-0.05, 0) is 37.1 Å². The topological polar surface area (TPSA) is 112 Å². The summed E-state index contributed by atoms with van der Waals surface area (Å²) >= 11 is 0.974. The maximum atomic E-state index is 13.1. The number of benzene rings is 1. The normalized spacial score (nSPS) is 16.6. The van der Waals surface area contributed by atoms with E-state index in [1.54, 1.807) is 30.3 Å². The monoisotopic (exact) mass is 448 g/mol. The summed E-state index contributed by atoms with van der Waals surface area (Å²) in [5.41, 5.74) is 0. The summed E-state index contributed by atoms with van der Waals surface area (Å²) in [5, 5.41) is 2.60. The van der Waals surface area contributed by atoms with Gasteiger partial charge in [0.05, 0.1) is 23.0 Å². The van der Waals surface area contributed by atoms with Crippen LogP contribution in [-0.2, 0) is 19.4 Å². The van der Waals surface area contributed by atoms with E-state index in [0.717, 1.165) is 24.6 Å². The van der Waals surface area contributed by atoms with Crippen LogP contribution in [-0.4, -0.2) is 44.3 Å². The molecule has 10 heteroatoms. The van der Waals surface area contributed by atoms with E-state index in [-0.39, 0.29) is 38.7 Å². The van der Waals surface area contributed by atoms with E-state index >= 15 is 0 Å². The molecule has 1 saturated heterocycles. The predicted octanol–water partition coefficient (Wildman–Crippen LogP) is 3.15. The fourth-order valence-electron chi connectivity index (χ4n) is 2.99. The Morgan fingerprint density at radius 2 is 2.03 bits per heavy atom. The van der Waals surface area contributed by atoms with Crippen molar-refractivity contribution in [2.45, 2.75) is 34.0 Å². The Hall–Kier alpha value is -2.56. The minimum absolute atomic E-state index is 0.0170. The summed E-state index contributed by atoms with van der Waals surface area (Å²) < 4.78 is 42.6. The van der Waals surface area contributed by atoms with Gasteiger partial charge >= 0.3 is 0 Å². The van der Waals surface area contributed by atoms with Gasteiger partial charge in [-0.15, -0.1) is 0 Å². The maximum Gasteiger partial charge on any atom is 0.265 e. The van der Waals surface area contributed by atoms with Crippen molar-refractivity contribution in [1.82, 2.24) is 10.3 Å². The molecular weight excluding hydrogens is 428 g/mol. The van der Waals surface area contributed by atoms with Crippen LogP contribution in [0.25, 0.3) is 11.7 Å². The van der Waals surface area contributed by atoms with Crippen molar-refractivity contribution in [2.24, 2.45) is 0 Å². The zero-order valence-corrected chi connectivity index (χ0v) is 17.6. The molecule has 1 aromatic carbocycles. The van der Waals surface area contributed by atoms with Crippen LogP contribution in [0.15, 0.2) is 72.6 Å². The summed E-state index contributed by atoms with van der Waals surface area (Å²) in [6.45, 7) is 1.15. The first-order valence-corrected chi connectivity index (χ1v) is 11.9. The number of carbonyl (C=O) groups excluding carboxylic acids is 1. The highest BCUT2D eigenvalue weighted by atomic mass is 32.2. The van der Waals surface area contributed by atoms with Gasteiger partial charge in [0.2, 0.25) is 25.9 Å². The smallest absolute Gasteiger partial charge is 0.265 e. The van der Waals surface area contributed by atoms with Crippen LogP contribution >= 0.6 is 11.8 Å². The van der Waals surface area contributed by atoms with Gasteiger partial charge in [-0.2, -0.15) is 4.98 Å². The lowest BCUT2D eigenvalue weighted by molar-refractivity contribution is -0.119. The quantitative estimate of drug-likeness (QED) is 0.523. The minimum atomic E-state index is -3.93. The van der Waals surface area contributed by atoms with Crippen LogP contribution in [0.1, 0.15) is 12.8 Å². The Morgan fingerprint density at radius 3 is 2.73 bits per heavy atom. The van der Waals surface area contributed by atoms with Crippen molar-refractivity contribution < 1.29 is 26.8 Å².